The number of rotatable bonds is 5. The molecule has 55 heavy (non-hydrogen) atoms. The SMILES string of the molecule is [B]c1c([B])c([B])c2c(-c3nc4ccccc4n3-c3ccccc3)c3c([B])c([B])c([B])c([B])c3c(-c3cc(-c4ccccc4)cc(-c4ccccc4)c3)c2c1[B]. The Labute approximate surface area is 331 Å². The fraction of sp³-hybridized carbons (Fsp3) is 0. The van der Waals surface area contributed by atoms with Crippen molar-refractivity contribution in [1.29, 1.82) is 0 Å². The van der Waals surface area contributed by atoms with Gasteiger partial charge in [0.15, 0.2) is 0 Å². The number of fused-ring (bicyclic) bond motifs is 3. The van der Waals surface area contributed by atoms with Gasteiger partial charge in [-0.15, -0.1) is 21.9 Å². The molecular weight excluding hydrogens is 655 g/mol. The molecule has 0 saturated carbocycles. The molecule has 0 fully saturated rings. The number of nitrogens with zero attached hydrogens (tertiary/aromatic N) is 2. The molecule has 0 amide bonds. The molecule has 0 saturated heterocycles. The third-order valence-electron chi connectivity index (χ3n) is 10.6. The van der Waals surface area contributed by atoms with Crippen LogP contribution in [0.15, 0.2) is 133 Å². The second-order valence-corrected chi connectivity index (χ2v) is 13.7. The van der Waals surface area contributed by atoms with Crippen molar-refractivity contribution in [3.05, 3.63) is 133 Å². The lowest BCUT2D eigenvalue weighted by Gasteiger charge is -2.28. The first kappa shape index (κ1) is 35.0. The van der Waals surface area contributed by atoms with Crippen LogP contribution < -0.4 is 43.7 Å². The van der Waals surface area contributed by atoms with Crippen molar-refractivity contribution in [2.45, 2.75) is 0 Å². The van der Waals surface area contributed by atoms with Gasteiger partial charge >= 0.3 is 0 Å². The van der Waals surface area contributed by atoms with Gasteiger partial charge < -0.3 is 0 Å². The maximum atomic E-state index is 7.13. The molecule has 1 heterocycles. The standard InChI is InChI=1S/C45H22B8N2/c46-37-32-31(27-21-25(23-12-4-1-5-13-23)20-26(22-27)24-14-6-2-7-15-24)33-35(40(49)44(53)42(51)38(33)47)36(34(32)39(48)43(52)41(37)50)45-54-29-18-10-11-19-30(29)55(45)28-16-8-3-9-17-28/h1-22H. The zero-order valence-corrected chi connectivity index (χ0v) is 29.7. The van der Waals surface area contributed by atoms with Gasteiger partial charge in [-0.2, -0.15) is 0 Å². The molecule has 236 valence electrons. The van der Waals surface area contributed by atoms with Gasteiger partial charge in [-0.3, -0.25) is 4.57 Å². The molecule has 9 rings (SSSR count). The van der Waals surface area contributed by atoms with Crippen molar-refractivity contribution in [3.63, 3.8) is 0 Å². The van der Waals surface area contributed by atoms with Crippen LogP contribution in [0.5, 0.6) is 0 Å². The van der Waals surface area contributed by atoms with Gasteiger partial charge in [0.2, 0.25) is 0 Å². The largest absolute Gasteiger partial charge is 0.292 e. The monoisotopic (exact) mass is 678 g/mol. The van der Waals surface area contributed by atoms with E-state index in [0.717, 1.165) is 44.5 Å². The van der Waals surface area contributed by atoms with Crippen molar-refractivity contribution in [2.24, 2.45) is 0 Å². The molecule has 0 aliphatic rings. The van der Waals surface area contributed by atoms with Crippen LogP contribution in [0.1, 0.15) is 0 Å². The smallest absolute Gasteiger partial charge is 0.146 e. The summed E-state index contributed by atoms with van der Waals surface area (Å²) in [5, 5.41) is 2.05. The van der Waals surface area contributed by atoms with Crippen LogP contribution in [0.2, 0.25) is 0 Å². The van der Waals surface area contributed by atoms with Crippen molar-refractivity contribution in [1.82, 2.24) is 9.55 Å². The lowest BCUT2D eigenvalue weighted by Crippen LogP contribution is -2.50. The number of hydrogen-bond donors (Lipinski definition) is 0. The van der Waals surface area contributed by atoms with Crippen LogP contribution in [0, 0.1) is 0 Å². The topological polar surface area (TPSA) is 17.8 Å². The molecule has 0 spiro atoms. The van der Waals surface area contributed by atoms with Gasteiger partial charge in [-0.25, -0.2) is 4.98 Å². The van der Waals surface area contributed by atoms with Crippen LogP contribution in [-0.4, -0.2) is 72.3 Å². The van der Waals surface area contributed by atoms with Gasteiger partial charge in [0.25, 0.3) is 0 Å². The summed E-state index contributed by atoms with van der Waals surface area (Å²) in [4.78, 5) is 5.24. The van der Waals surface area contributed by atoms with Crippen LogP contribution in [0.3, 0.4) is 0 Å². The van der Waals surface area contributed by atoms with Crippen molar-refractivity contribution in [2.75, 3.05) is 0 Å². The molecule has 1 aromatic heterocycles. The Bertz CT molecular complexity index is 2860. The quantitative estimate of drug-likeness (QED) is 0.202. The molecule has 0 aliphatic heterocycles. The summed E-state index contributed by atoms with van der Waals surface area (Å²) in [5.74, 6) is 0.516. The second-order valence-electron chi connectivity index (χ2n) is 13.7. The molecule has 10 heteroatoms. The van der Waals surface area contributed by atoms with Crippen LogP contribution >= 0.6 is 0 Å². The van der Waals surface area contributed by atoms with E-state index in [0.29, 0.717) is 38.5 Å². The maximum Gasteiger partial charge on any atom is 0.146 e. The molecule has 0 atom stereocenters. The average Bonchev–Trinajstić information content (AvgIpc) is 3.62. The number of imidazole rings is 1. The van der Waals surface area contributed by atoms with Gasteiger partial charge in [0.05, 0.1) is 11.0 Å². The highest BCUT2D eigenvalue weighted by Gasteiger charge is 2.28. The Morgan fingerprint density at radius 3 is 1.20 bits per heavy atom. The van der Waals surface area contributed by atoms with Gasteiger partial charge in [-0.05, 0) is 97.4 Å². The minimum atomic E-state index is 0.136. The third-order valence-corrected chi connectivity index (χ3v) is 10.6. The van der Waals surface area contributed by atoms with Crippen LogP contribution in [0.4, 0.5) is 0 Å². The normalized spacial score (nSPS) is 11.5. The highest BCUT2D eigenvalue weighted by molar-refractivity contribution is 6.71. The minimum Gasteiger partial charge on any atom is -0.292 e. The van der Waals surface area contributed by atoms with E-state index in [1.165, 1.54) is 0 Å². The lowest BCUT2D eigenvalue weighted by molar-refractivity contribution is 1.11. The summed E-state index contributed by atoms with van der Waals surface area (Å²) in [6, 6.07) is 44.4. The van der Waals surface area contributed by atoms with Crippen molar-refractivity contribution < 1.29 is 0 Å². The molecule has 16 radical (unpaired) electrons. The van der Waals surface area contributed by atoms with E-state index in [9.17, 15) is 0 Å². The summed E-state index contributed by atoms with van der Waals surface area (Å²) in [5.41, 5.74) is 9.72. The Morgan fingerprint density at radius 1 is 0.345 bits per heavy atom. The zero-order valence-electron chi connectivity index (χ0n) is 29.7. The number of para-hydroxylation sites is 3. The van der Waals surface area contributed by atoms with E-state index in [1.807, 2.05) is 91.0 Å². The van der Waals surface area contributed by atoms with Gasteiger partial charge in [-0.1, -0.05) is 113 Å². The molecule has 0 bridgehead atoms. The Kier molecular flexibility index (Phi) is 8.61. The number of aromatic nitrogens is 2. The number of benzene rings is 8. The van der Waals surface area contributed by atoms with Crippen molar-refractivity contribution >= 4 is 139 Å². The third kappa shape index (κ3) is 5.48. The van der Waals surface area contributed by atoms with E-state index >= 15 is 0 Å². The highest BCUT2D eigenvalue weighted by atomic mass is 15.1. The molecule has 2 nitrogen and oxygen atoms in total. The molecule has 8 aromatic carbocycles. The Hall–Kier alpha value is -5.73. The maximum absolute atomic E-state index is 7.13. The summed E-state index contributed by atoms with van der Waals surface area (Å²) in [6.45, 7) is 0. The molecule has 0 aliphatic carbocycles. The molecular formula is C45H22B8N2. The zero-order chi connectivity index (χ0) is 38.1. The van der Waals surface area contributed by atoms with Gasteiger partial charge in [0, 0.05) is 11.3 Å². The Balaban J connectivity index is 1.56. The van der Waals surface area contributed by atoms with Crippen molar-refractivity contribution in [3.8, 4) is 50.5 Å². The van der Waals surface area contributed by atoms with Crippen LogP contribution in [-0.2, 0) is 0 Å². The minimum absolute atomic E-state index is 0.136. The van der Waals surface area contributed by atoms with E-state index in [-0.39, 0.29) is 43.7 Å². The molecule has 0 unspecified atom stereocenters. The van der Waals surface area contributed by atoms with Gasteiger partial charge in [0.1, 0.15) is 68.6 Å². The fourth-order valence-corrected chi connectivity index (χ4v) is 7.86. The van der Waals surface area contributed by atoms with E-state index in [1.54, 1.807) is 0 Å². The average molecular weight is 677 g/mol. The highest BCUT2D eigenvalue weighted by Crippen LogP contribution is 2.43. The van der Waals surface area contributed by atoms with E-state index in [2.05, 4.69) is 47.0 Å². The molecule has 9 aromatic rings. The fourth-order valence-electron chi connectivity index (χ4n) is 7.86. The van der Waals surface area contributed by atoms with E-state index in [4.69, 9.17) is 67.8 Å². The first-order chi connectivity index (χ1) is 26.7. The second kappa shape index (κ2) is 13.5. The first-order valence-electron chi connectivity index (χ1n) is 17.7. The number of hydrogen-bond acceptors (Lipinski definition) is 1. The Morgan fingerprint density at radius 2 is 0.727 bits per heavy atom. The van der Waals surface area contributed by atoms with E-state index < -0.39 is 0 Å². The summed E-state index contributed by atoms with van der Waals surface area (Å²) >= 11 is 0. The predicted octanol–water partition coefficient (Wildman–Crippen LogP) is 2.35. The summed E-state index contributed by atoms with van der Waals surface area (Å²) in [7, 11) is 55.4. The summed E-state index contributed by atoms with van der Waals surface area (Å²) < 4.78 is 2.05. The first-order valence-corrected chi connectivity index (χ1v) is 17.7. The molecule has 0 N–H and O–H groups in total. The summed E-state index contributed by atoms with van der Waals surface area (Å²) in [6.07, 6.45) is 0. The van der Waals surface area contributed by atoms with Crippen LogP contribution in [0.25, 0.3) is 83.0 Å². The predicted molar refractivity (Wildman–Crippen MR) is 241 cm³/mol. The lowest BCUT2D eigenvalue weighted by atomic mass is 9.59.